The van der Waals surface area contributed by atoms with E-state index in [0.29, 0.717) is 19.6 Å². The van der Waals surface area contributed by atoms with Crippen LogP contribution in [0.5, 0.6) is 0 Å². The Morgan fingerprint density at radius 2 is 2.15 bits per heavy atom. The number of carbonyl (C=O) groups excluding carboxylic acids is 1. The highest BCUT2D eigenvalue weighted by molar-refractivity contribution is 7.92. The summed E-state index contributed by atoms with van der Waals surface area (Å²) in [7, 11) is -3.65. The van der Waals surface area contributed by atoms with Crippen LogP contribution >= 0.6 is 12.4 Å². The molecule has 1 amide bonds. The van der Waals surface area contributed by atoms with E-state index in [1.54, 1.807) is 23.4 Å². The fourth-order valence-electron chi connectivity index (χ4n) is 2.92. The molecule has 0 aliphatic carbocycles. The monoisotopic (exact) mass is 414 g/mol. The Morgan fingerprint density at radius 1 is 1.37 bits per heavy atom. The van der Waals surface area contributed by atoms with Crippen LogP contribution in [0.1, 0.15) is 22.0 Å². The summed E-state index contributed by atoms with van der Waals surface area (Å²) in [6, 6.07) is 7.16. The minimum atomic E-state index is -3.65. The second-order valence-electron chi connectivity index (χ2n) is 6.07. The summed E-state index contributed by atoms with van der Waals surface area (Å²) in [5, 5.41) is 3.25. The molecule has 2 N–H and O–H groups in total. The van der Waals surface area contributed by atoms with Gasteiger partial charge in [0.2, 0.25) is 10.0 Å². The summed E-state index contributed by atoms with van der Waals surface area (Å²) in [6.45, 7) is 1.69. The molecule has 0 spiro atoms. The van der Waals surface area contributed by atoms with E-state index in [4.69, 9.17) is 0 Å². The molecule has 146 valence electrons. The van der Waals surface area contributed by atoms with Crippen LogP contribution in [0.25, 0.3) is 0 Å². The Balaban J connectivity index is 0.00000261. The molecule has 27 heavy (non-hydrogen) atoms. The van der Waals surface area contributed by atoms with E-state index in [1.807, 2.05) is 6.07 Å². The van der Waals surface area contributed by atoms with Gasteiger partial charge in [0, 0.05) is 37.6 Å². The Bertz CT molecular complexity index is 912. The number of piperazine rings is 1. The molecule has 1 fully saturated rings. The van der Waals surface area contributed by atoms with Gasteiger partial charge in [0.05, 0.1) is 18.0 Å². The SMILES string of the molecule is CS(=O)(=O)Nc1cc(C(=O)N2CCNCC2c2cccnc2)ccc1F.Cl. The van der Waals surface area contributed by atoms with E-state index in [9.17, 15) is 17.6 Å². The molecule has 1 unspecified atom stereocenters. The number of aromatic nitrogens is 1. The minimum absolute atomic E-state index is 0. The number of hydrogen-bond acceptors (Lipinski definition) is 5. The number of benzene rings is 1. The highest BCUT2D eigenvalue weighted by atomic mass is 35.5. The lowest BCUT2D eigenvalue weighted by Gasteiger charge is -2.36. The highest BCUT2D eigenvalue weighted by Gasteiger charge is 2.29. The van der Waals surface area contributed by atoms with Crippen molar-refractivity contribution in [3.8, 4) is 0 Å². The number of sulfonamides is 1. The number of carbonyl (C=O) groups is 1. The van der Waals surface area contributed by atoms with Gasteiger partial charge in [0.25, 0.3) is 5.91 Å². The van der Waals surface area contributed by atoms with Gasteiger partial charge in [-0.05, 0) is 29.8 Å². The lowest BCUT2D eigenvalue weighted by molar-refractivity contribution is 0.0634. The standard InChI is InChI=1S/C17H19FN4O3S.ClH/c1-26(24,25)21-15-9-12(4-5-14(15)18)17(23)22-8-7-20-11-16(22)13-3-2-6-19-10-13;/h2-6,9-10,16,20-21H,7-8,11H2,1H3;1H. The van der Waals surface area contributed by atoms with Crippen molar-refractivity contribution in [2.45, 2.75) is 6.04 Å². The average Bonchev–Trinajstić information content (AvgIpc) is 2.62. The summed E-state index contributed by atoms with van der Waals surface area (Å²) in [5.41, 5.74) is 0.865. The van der Waals surface area contributed by atoms with Crippen LogP contribution < -0.4 is 10.0 Å². The Kier molecular flexibility index (Phi) is 6.74. The van der Waals surface area contributed by atoms with Crippen LogP contribution in [0.4, 0.5) is 10.1 Å². The van der Waals surface area contributed by atoms with Crippen molar-refractivity contribution in [3.63, 3.8) is 0 Å². The number of nitrogens with one attached hydrogen (secondary N) is 2. The third-order valence-electron chi connectivity index (χ3n) is 4.08. The van der Waals surface area contributed by atoms with Gasteiger partial charge in [0.15, 0.2) is 0 Å². The maximum Gasteiger partial charge on any atom is 0.254 e. The normalized spacial score (nSPS) is 17.1. The predicted molar refractivity (Wildman–Crippen MR) is 103 cm³/mol. The fraction of sp³-hybridized carbons (Fsp3) is 0.294. The van der Waals surface area contributed by atoms with Crippen molar-refractivity contribution in [1.82, 2.24) is 15.2 Å². The van der Waals surface area contributed by atoms with Crippen LogP contribution in [0.15, 0.2) is 42.7 Å². The zero-order chi connectivity index (χ0) is 18.7. The van der Waals surface area contributed by atoms with Gasteiger partial charge in [-0.2, -0.15) is 0 Å². The van der Waals surface area contributed by atoms with Crippen molar-refractivity contribution >= 4 is 34.0 Å². The van der Waals surface area contributed by atoms with Gasteiger partial charge in [-0.25, -0.2) is 12.8 Å². The maximum atomic E-state index is 13.9. The van der Waals surface area contributed by atoms with E-state index >= 15 is 0 Å². The second-order valence-corrected chi connectivity index (χ2v) is 7.82. The first-order valence-corrected chi connectivity index (χ1v) is 9.93. The van der Waals surface area contributed by atoms with Crippen LogP contribution in [-0.4, -0.2) is 50.1 Å². The van der Waals surface area contributed by atoms with Gasteiger partial charge in [-0.1, -0.05) is 6.07 Å². The molecule has 0 radical (unpaired) electrons. The zero-order valence-electron chi connectivity index (χ0n) is 14.6. The first kappa shape index (κ1) is 21.1. The molecular formula is C17H20ClFN4O3S. The second kappa shape index (κ2) is 8.64. The van der Waals surface area contributed by atoms with Gasteiger partial charge >= 0.3 is 0 Å². The topological polar surface area (TPSA) is 91.4 Å². The van der Waals surface area contributed by atoms with Gasteiger partial charge in [-0.3, -0.25) is 14.5 Å². The molecule has 1 atom stereocenters. The molecule has 1 aliphatic rings. The van der Waals surface area contributed by atoms with Gasteiger partial charge < -0.3 is 10.2 Å². The van der Waals surface area contributed by atoms with E-state index in [2.05, 4.69) is 15.0 Å². The molecule has 1 aliphatic heterocycles. The van der Waals surface area contributed by atoms with Crippen molar-refractivity contribution in [3.05, 3.63) is 59.7 Å². The molecule has 10 heteroatoms. The van der Waals surface area contributed by atoms with Crippen LogP contribution in [0, 0.1) is 5.82 Å². The summed E-state index contributed by atoms with van der Waals surface area (Å²) in [4.78, 5) is 18.8. The average molecular weight is 415 g/mol. The molecule has 2 aromatic rings. The van der Waals surface area contributed by atoms with Crippen molar-refractivity contribution in [2.75, 3.05) is 30.6 Å². The molecule has 1 aromatic carbocycles. The first-order chi connectivity index (χ1) is 12.3. The predicted octanol–water partition coefficient (Wildman–Crippen LogP) is 1.80. The molecule has 1 aromatic heterocycles. The van der Waals surface area contributed by atoms with Gasteiger partial charge in [-0.15, -0.1) is 12.4 Å². The Labute approximate surface area is 163 Å². The molecule has 0 bridgehead atoms. The number of rotatable bonds is 4. The van der Waals surface area contributed by atoms with Gasteiger partial charge in [0.1, 0.15) is 5.82 Å². The number of nitrogens with zero attached hydrogens (tertiary/aromatic N) is 2. The van der Waals surface area contributed by atoms with Crippen LogP contribution in [0.3, 0.4) is 0 Å². The molecule has 0 saturated carbocycles. The quantitative estimate of drug-likeness (QED) is 0.796. The summed E-state index contributed by atoms with van der Waals surface area (Å²) >= 11 is 0. The van der Waals surface area contributed by atoms with E-state index < -0.39 is 15.8 Å². The zero-order valence-corrected chi connectivity index (χ0v) is 16.2. The van der Waals surface area contributed by atoms with Crippen molar-refractivity contribution < 1.29 is 17.6 Å². The minimum Gasteiger partial charge on any atom is -0.329 e. The molecule has 2 heterocycles. The summed E-state index contributed by atoms with van der Waals surface area (Å²) in [5.74, 6) is -1.03. The van der Waals surface area contributed by atoms with Crippen molar-refractivity contribution in [1.29, 1.82) is 0 Å². The Morgan fingerprint density at radius 3 is 2.81 bits per heavy atom. The van der Waals surface area contributed by atoms with Crippen LogP contribution in [-0.2, 0) is 10.0 Å². The lowest BCUT2D eigenvalue weighted by Crippen LogP contribution is -2.48. The van der Waals surface area contributed by atoms with E-state index in [0.717, 1.165) is 17.9 Å². The smallest absolute Gasteiger partial charge is 0.254 e. The maximum absolute atomic E-state index is 13.9. The fourth-order valence-corrected chi connectivity index (χ4v) is 3.48. The number of anilines is 1. The third kappa shape index (κ3) is 5.15. The number of hydrogen-bond donors (Lipinski definition) is 2. The number of amides is 1. The summed E-state index contributed by atoms with van der Waals surface area (Å²) in [6.07, 6.45) is 4.30. The van der Waals surface area contributed by atoms with E-state index in [1.165, 1.54) is 12.1 Å². The van der Waals surface area contributed by atoms with E-state index in [-0.39, 0.29) is 35.6 Å². The molecule has 7 nitrogen and oxygen atoms in total. The molecule has 3 rings (SSSR count). The molecule has 1 saturated heterocycles. The highest BCUT2D eigenvalue weighted by Crippen LogP contribution is 2.25. The first-order valence-electron chi connectivity index (χ1n) is 8.04. The number of halogens is 2. The number of pyridine rings is 1. The third-order valence-corrected chi connectivity index (χ3v) is 4.67. The molecular weight excluding hydrogens is 395 g/mol. The largest absolute Gasteiger partial charge is 0.329 e. The Hall–Kier alpha value is -2.23. The lowest BCUT2D eigenvalue weighted by atomic mass is 10.0. The van der Waals surface area contributed by atoms with Crippen LogP contribution in [0.2, 0.25) is 0 Å². The summed E-state index contributed by atoms with van der Waals surface area (Å²) < 4.78 is 38.7. The van der Waals surface area contributed by atoms with Crippen molar-refractivity contribution in [2.24, 2.45) is 0 Å².